The van der Waals surface area contributed by atoms with Crippen molar-refractivity contribution in [3.63, 3.8) is 0 Å². The van der Waals surface area contributed by atoms with Crippen LogP contribution in [0.5, 0.6) is 23.0 Å². The number of anilines is 3. The standard InChI is InChI=1S/C21H28ClN3O4S.C17H19ClFNO4S/c1-14(17-11-15(22)12-19(28-2)21(17)29-3)24-18-13-16(25-9-7-23-8-10-25)5-6-20(18)30(4,26)27;1-10(13-7-11(18)8-15(23-2)17(13)24-3)20-14-9-12(19)5-6-16(14)25(4,21)22/h5-6,11-14,23-24H,7-10H2,1-4H3;5-10,20H,1-4H3. The van der Waals surface area contributed by atoms with Gasteiger partial charge in [-0.25, -0.2) is 21.2 Å². The largest absolute Gasteiger partial charge is 0.493 e. The van der Waals surface area contributed by atoms with Gasteiger partial charge in [0.1, 0.15) is 5.82 Å². The Kier molecular flexibility index (Phi) is 14.8. The molecule has 55 heavy (non-hydrogen) atoms. The summed E-state index contributed by atoms with van der Waals surface area (Å²) in [5.41, 5.74) is 3.11. The Hall–Kier alpha value is -4.15. The van der Waals surface area contributed by atoms with Crippen molar-refractivity contribution in [2.24, 2.45) is 0 Å². The molecule has 0 aliphatic carbocycles. The number of sulfone groups is 2. The van der Waals surface area contributed by atoms with Crippen molar-refractivity contribution in [1.82, 2.24) is 5.32 Å². The van der Waals surface area contributed by atoms with Crippen molar-refractivity contribution >= 4 is 59.9 Å². The number of halogens is 3. The van der Waals surface area contributed by atoms with Crippen molar-refractivity contribution in [3.8, 4) is 23.0 Å². The maximum Gasteiger partial charge on any atom is 0.177 e. The molecule has 2 unspecified atom stereocenters. The van der Waals surface area contributed by atoms with Gasteiger partial charge in [-0.05, 0) is 62.4 Å². The number of hydrogen-bond donors (Lipinski definition) is 3. The quantitative estimate of drug-likeness (QED) is 0.115. The van der Waals surface area contributed by atoms with Gasteiger partial charge >= 0.3 is 0 Å². The van der Waals surface area contributed by atoms with Gasteiger partial charge in [0, 0.05) is 77.7 Å². The third-order valence-electron chi connectivity index (χ3n) is 8.81. The Labute approximate surface area is 333 Å². The van der Waals surface area contributed by atoms with Crippen molar-refractivity contribution in [2.45, 2.75) is 35.7 Å². The van der Waals surface area contributed by atoms with Crippen LogP contribution in [0.25, 0.3) is 0 Å². The van der Waals surface area contributed by atoms with Crippen LogP contribution in [-0.4, -0.2) is 84.0 Å². The van der Waals surface area contributed by atoms with Crippen LogP contribution >= 0.6 is 23.2 Å². The molecule has 0 saturated carbocycles. The van der Waals surface area contributed by atoms with E-state index in [4.69, 9.17) is 42.1 Å². The van der Waals surface area contributed by atoms with Gasteiger partial charge in [-0.1, -0.05) is 23.2 Å². The number of nitrogens with zero attached hydrogens (tertiary/aromatic N) is 1. The minimum atomic E-state index is -3.53. The molecule has 1 aliphatic heterocycles. The zero-order valence-corrected chi connectivity index (χ0v) is 35.1. The summed E-state index contributed by atoms with van der Waals surface area (Å²) < 4.78 is 83.9. The highest BCUT2D eigenvalue weighted by Gasteiger charge is 2.23. The summed E-state index contributed by atoms with van der Waals surface area (Å²) in [5, 5.41) is 10.6. The second-order valence-electron chi connectivity index (χ2n) is 12.8. The molecule has 1 saturated heterocycles. The molecular formula is C38H47Cl2FN4O8S2. The Morgan fingerprint density at radius 3 is 1.53 bits per heavy atom. The van der Waals surface area contributed by atoms with Gasteiger partial charge in [0.2, 0.25) is 0 Å². The molecule has 1 fully saturated rings. The van der Waals surface area contributed by atoms with Crippen molar-refractivity contribution in [1.29, 1.82) is 0 Å². The second kappa shape index (κ2) is 18.7. The molecule has 2 atom stereocenters. The number of ether oxygens (including phenoxy) is 4. The normalized spacial score (nSPS) is 14.2. The minimum Gasteiger partial charge on any atom is -0.493 e. The molecule has 0 bridgehead atoms. The first-order valence-corrected chi connectivity index (χ1v) is 21.6. The number of rotatable bonds is 13. The van der Waals surface area contributed by atoms with Gasteiger partial charge in [0.15, 0.2) is 42.7 Å². The molecule has 0 radical (unpaired) electrons. The van der Waals surface area contributed by atoms with Gasteiger partial charge in [-0.3, -0.25) is 0 Å². The third kappa shape index (κ3) is 11.0. The number of benzene rings is 4. The van der Waals surface area contributed by atoms with Crippen LogP contribution in [0.2, 0.25) is 10.0 Å². The minimum absolute atomic E-state index is 0.00806. The van der Waals surface area contributed by atoms with E-state index in [0.717, 1.165) is 55.8 Å². The predicted molar refractivity (Wildman–Crippen MR) is 217 cm³/mol. The summed E-state index contributed by atoms with van der Waals surface area (Å²) in [5.74, 6) is 1.44. The summed E-state index contributed by atoms with van der Waals surface area (Å²) in [7, 11) is -0.849. The molecule has 4 aromatic carbocycles. The Morgan fingerprint density at radius 1 is 0.673 bits per heavy atom. The number of methoxy groups -OCH3 is 4. The summed E-state index contributed by atoms with van der Waals surface area (Å²) in [4.78, 5) is 2.50. The molecule has 5 rings (SSSR count). The average Bonchev–Trinajstić information content (AvgIpc) is 3.13. The van der Waals surface area contributed by atoms with Crippen LogP contribution in [-0.2, 0) is 19.7 Å². The maximum absolute atomic E-state index is 13.6. The zero-order valence-electron chi connectivity index (χ0n) is 31.9. The van der Waals surface area contributed by atoms with Gasteiger partial charge in [0.25, 0.3) is 0 Å². The van der Waals surface area contributed by atoms with Crippen LogP contribution in [0.1, 0.15) is 37.1 Å². The average molecular weight is 842 g/mol. The molecule has 300 valence electrons. The fourth-order valence-corrected chi connectivity index (χ4v) is 8.29. The molecule has 0 aromatic heterocycles. The maximum atomic E-state index is 13.6. The van der Waals surface area contributed by atoms with E-state index in [2.05, 4.69) is 20.9 Å². The highest BCUT2D eigenvalue weighted by Crippen LogP contribution is 2.41. The van der Waals surface area contributed by atoms with Crippen LogP contribution in [0.3, 0.4) is 0 Å². The second-order valence-corrected chi connectivity index (χ2v) is 17.6. The molecule has 12 nitrogen and oxygen atoms in total. The van der Waals surface area contributed by atoms with E-state index in [1.807, 2.05) is 19.1 Å². The smallest absolute Gasteiger partial charge is 0.177 e. The molecular weight excluding hydrogens is 794 g/mol. The predicted octanol–water partition coefficient (Wildman–Crippen LogP) is 7.42. The number of nitrogens with one attached hydrogen (secondary N) is 3. The molecule has 0 amide bonds. The summed E-state index contributed by atoms with van der Waals surface area (Å²) in [6.45, 7) is 7.24. The molecule has 1 aliphatic rings. The molecule has 0 spiro atoms. The van der Waals surface area contributed by atoms with Crippen LogP contribution in [0, 0.1) is 5.82 Å². The first kappa shape index (κ1) is 43.6. The van der Waals surface area contributed by atoms with Gasteiger partial charge in [-0.2, -0.15) is 0 Å². The van der Waals surface area contributed by atoms with Crippen LogP contribution in [0.15, 0.2) is 70.5 Å². The van der Waals surface area contributed by atoms with E-state index >= 15 is 0 Å². The van der Waals surface area contributed by atoms with E-state index in [1.165, 1.54) is 26.5 Å². The highest BCUT2D eigenvalue weighted by atomic mass is 35.5. The van der Waals surface area contributed by atoms with Crippen molar-refractivity contribution in [2.75, 3.05) is 82.7 Å². The van der Waals surface area contributed by atoms with Gasteiger partial charge < -0.3 is 39.8 Å². The first-order valence-electron chi connectivity index (χ1n) is 17.1. The molecule has 17 heteroatoms. The fourth-order valence-electron chi connectivity index (χ4n) is 6.20. The lowest BCUT2D eigenvalue weighted by atomic mass is 10.1. The zero-order chi connectivity index (χ0) is 40.7. The lowest BCUT2D eigenvalue weighted by molar-refractivity contribution is 0.350. The Morgan fingerprint density at radius 2 is 1.11 bits per heavy atom. The van der Waals surface area contributed by atoms with E-state index in [-0.39, 0.29) is 21.5 Å². The number of hydrogen-bond acceptors (Lipinski definition) is 12. The first-order chi connectivity index (χ1) is 25.9. The van der Waals surface area contributed by atoms with E-state index in [0.29, 0.717) is 44.3 Å². The summed E-state index contributed by atoms with van der Waals surface area (Å²) >= 11 is 12.4. The topological polar surface area (TPSA) is 145 Å². The molecule has 3 N–H and O–H groups in total. The number of piperazine rings is 1. The lowest BCUT2D eigenvalue weighted by Crippen LogP contribution is -2.43. The van der Waals surface area contributed by atoms with Crippen LogP contribution in [0.4, 0.5) is 21.5 Å². The van der Waals surface area contributed by atoms with E-state index < -0.39 is 31.5 Å². The summed E-state index contributed by atoms with van der Waals surface area (Å²) in [6, 6.07) is 15.0. The SMILES string of the molecule is COc1cc(Cl)cc(C(C)Nc2cc(F)ccc2S(C)(=O)=O)c1OC.COc1cc(Cl)cc(C(C)Nc2cc(N3CCNCC3)ccc2S(C)(=O)=O)c1OC. The van der Waals surface area contributed by atoms with Gasteiger partial charge in [-0.15, -0.1) is 0 Å². The van der Waals surface area contributed by atoms with Crippen molar-refractivity contribution in [3.05, 3.63) is 87.7 Å². The Bertz CT molecular complexity index is 2210. The summed E-state index contributed by atoms with van der Waals surface area (Å²) in [6.07, 6.45) is 2.28. The van der Waals surface area contributed by atoms with Crippen LogP contribution < -0.4 is 39.8 Å². The molecule has 4 aromatic rings. The van der Waals surface area contributed by atoms with E-state index in [1.54, 1.807) is 51.5 Å². The molecule has 1 heterocycles. The monoisotopic (exact) mass is 840 g/mol. The highest BCUT2D eigenvalue weighted by molar-refractivity contribution is 7.91. The third-order valence-corrected chi connectivity index (χ3v) is 11.6. The van der Waals surface area contributed by atoms with Crippen molar-refractivity contribution < 1.29 is 40.2 Å². The lowest BCUT2D eigenvalue weighted by Gasteiger charge is -2.30. The van der Waals surface area contributed by atoms with Gasteiger partial charge in [0.05, 0.1) is 61.7 Å². The Balaban J connectivity index is 0.000000249. The van der Waals surface area contributed by atoms with E-state index in [9.17, 15) is 21.2 Å². The fraction of sp³-hybridized carbons (Fsp3) is 0.368.